The van der Waals surface area contributed by atoms with Gasteiger partial charge in [-0.1, -0.05) is 71.1 Å². The Bertz CT molecular complexity index is 198. The van der Waals surface area contributed by atoms with Crippen LogP contribution in [0.1, 0.15) is 77.6 Å². The average Bonchev–Trinajstić information content (AvgIpc) is 2.47. The van der Waals surface area contributed by atoms with E-state index < -0.39 is 0 Å². The third-order valence-electron chi connectivity index (χ3n) is 4.67. The molecule has 1 rings (SSSR count). The van der Waals surface area contributed by atoms with E-state index in [-0.39, 0.29) is 0 Å². The van der Waals surface area contributed by atoms with Crippen LogP contribution in [0.5, 0.6) is 0 Å². The van der Waals surface area contributed by atoms with Gasteiger partial charge in [0.2, 0.25) is 0 Å². The van der Waals surface area contributed by atoms with E-state index in [1.165, 1.54) is 103 Å². The molecule has 2 nitrogen and oxygen atoms in total. The minimum absolute atomic E-state index is 1.26. The minimum Gasteiger partial charge on any atom is -0.304 e. The van der Waals surface area contributed by atoms with Gasteiger partial charge in [0.25, 0.3) is 0 Å². The zero-order valence-corrected chi connectivity index (χ0v) is 14.2. The van der Waals surface area contributed by atoms with Crippen molar-refractivity contribution < 1.29 is 0 Å². The monoisotopic (exact) mass is 282 g/mol. The second kappa shape index (κ2) is 12.6. The Morgan fingerprint density at radius 3 is 1.55 bits per heavy atom. The predicted molar refractivity (Wildman–Crippen MR) is 90.4 cm³/mol. The molecule has 1 aliphatic heterocycles. The van der Waals surface area contributed by atoms with Crippen LogP contribution in [0.2, 0.25) is 0 Å². The first-order valence-corrected chi connectivity index (χ1v) is 9.24. The minimum atomic E-state index is 1.26. The number of likely N-dealkylation sites (N-methyl/N-ethyl adjacent to an activating group) is 1. The maximum Gasteiger partial charge on any atom is 0.0110 e. The molecule has 1 aliphatic rings. The van der Waals surface area contributed by atoms with E-state index in [0.717, 1.165) is 0 Å². The summed E-state index contributed by atoms with van der Waals surface area (Å²) in [6.45, 7) is 8.73. The van der Waals surface area contributed by atoms with E-state index in [2.05, 4.69) is 23.8 Å². The van der Waals surface area contributed by atoms with Gasteiger partial charge in [0.15, 0.2) is 0 Å². The molecule has 2 heteroatoms. The summed E-state index contributed by atoms with van der Waals surface area (Å²) < 4.78 is 0. The van der Waals surface area contributed by atoms with Gasteiger partial charge in [0.1, 0.15) is 0 Å². The van der Waals surface area contributed by atoms with Crippen molar-refractivity contribution in [3.05, 3.63) is 0 Å². The molecule has 0 aliphatic carbocycles. The third-order valence-corrected chi connectivity index (χ3v) is 4.67. The first-order valence-electron chi connectivity index (χ1n) is 9.24. The summed E-state index contributed by atoms with van der Waals surface area (Å²) in [6, 6.07) is 0. The molecule has 1 fully saturated rings. The summed E-state index contributed by atoms with van der Waals surface area (Å²) in [7, 11) is 2.24. The van der Waals surface area contributed by atoms with Crippen molar-refractivity contribution in [2.24, 2.45) is 0 Å². The Morgan fingerprint density at radius 2 is 1.05 bits per heavy atom. The fourth-order valence-electron chi connectivity index (χ4n) is 3.07. The molecule has 0 unspecified atom stereocenters. The molecule has 0 aromatic carbocycles. The van der Waals surface area contributed by atoms with Gasteiger partial charge in [-0.15, -0.1) is 0 Å². The molecule has 0 bridgehead atoms. The van der Waals surface area contributed by atoms with Crippen molar-refractivity contribution >= 4 is 0 Å². The number of unbranched alkanes of at least 4 members (excludes halogenated alkanes) is 10. The summed E-state index contributed by atoms with van der Waals surface area (Å²) in [6.07, 6.45) is 15.9. The summed E-state index contributed by atoms with van der Waals surface area (Å²) in [5.74, 6) is 0. The lowest BCUT2D eigenvalue weighted by Crippen LogP contribution is -2.44. The second-order valence-electron chi connectivity index (χ2n) is 6.68. The van der Waals surface area contributed by atoms with Gasteiger partial charge in [0.05, 0.1) is 0 Å². The number of piperazine rings is 1. The maximum atomic E-state index is 2.65. The highest BCUT2D eigenvalue weighted by atomic mass is 15.2. The summed E-state index contributed by atoms with van der Waals surface area (Å²) in [4.78, 5) is 5.09. The van der Waals surface area contributed by atoms with Crippen LogP contribution in [0.15, 0.2) is 0 Å². The van der Waals surface area contributed by atoms with Crippen LogP contribution < -0.4 is 0 Å². The van der Waals surface area contributed by atoms with Crippen molar-refractivity contribution in [1.82, 2.24) is 9.80 Å². The van der Waals surface area contributed by atoms with Gasteiger partial charge < -0.3 is 9.80 Å². The lowest BCUT2D eigenvalue weighted by Gasteiger charge is -2.32. The van der Waals surface area contributed by atoms with Crippen molar-refractivity contribution in [2.75, 3.05) is 39.8 Å². The largest absolute Gasteiger partial charge is 0.304 e. The van der Waals surface area contributed by atoms with Gasteiger partial charge in [-0.3, -0.25) is 0 Å². The van der Waals surface area contributed by atoms with Crippen LogP contribution in [0.25, 0.3) is 0 Å². The smallest absolute Gasteiger partial charge is 0.0110 e. The predicted octanol–water partition coefficient (Wildman–Crippen LogP) is 4.54. The Kier molecular flexibility index (Phi) is 11.4. The van der Waals surface area contributed by atoms with Crippen LogP contribution in [-0.2, 0) is 0 Å². The molecule has 0 aromatic rings. The van der Waals surface area contributed by atoms with Gasteiger partial charge >= 0.3 is 0 Å². The molecule has 1 heterocycles. The van der Waals surface area contributed by atoms with E-state index >= 15 is 0 Å². The standard InChI is InChI=1S/C18H38N2/c1-3-4-5-6-7-8-9-10-11-12-13-14-20-17-15-19(2)16-18-20/h3-18H2,1-2H3. The Hall–Kier alpha value is -0.0800. The van der Waals surface area contributed by atoms with E-state index in [0.29, 0.717) is 0 Å². The van der Waals surface area contributed by atoms with Crippen molar-refractivity contribution in [1.29, 1.82) is 0 Å². The topological polar surface area (TPSA) is 6.48 Å². The molecule has 0 saturated carbocycles. The molecule has 0 N–H and O–H groups in total. The quantitative estimate of drug-likeness (QED) is 0.485. The zero-order chi connectivity index (χ0) is 14.5. The van der Waals surface area contributed by atoms with E-state index in [1.807, 2.05) is 0 Å². The van der Waals surface area contributed by atoms with E-state index in [4.69, 9.17) is 0 Å². The molecular weight excluding hydrogens is 244 g/mol. The van der Waals surface area contributed by atoms with Crippen LogP contribution in [0.4, 0.5) is 0 Å². The lowest BCUT2D eigenvalue weighted by atomic mass is 10.1. The number of rotatable bonds is 12. The van der Waals surface area contributed by atoms with Crippen LogP contribution in [0.3, 0.4) is 0 Å². The third kappa shape index (κ3) is 9.77. The molecule has 0 spiro atoms. The van der Waals surface area contributed by atoms with Crippen LogP contribution >= 0.6 is 0 Å². The molecule has 20 heavy (non-hydrogen) atoms. The van der Waals surface area contributed by atoms with Crippen molar-refractivity contribution in [2.45, 2.75) is 77.6 Å². The van der Waals surface area contributed by atoms with E-state index in [1.54, 1.807) is 0 Å². The van der Waals surface area contributed by atoms with Gasteiger partial charge in [-0.05, 0) is 20.0 Å². The zero-order valence-electron chi connectivity index (χ0n) is 14.2. The summed E-state index contributed by atoms with van der Waals surface area (Å²) >= 11 is 0. The first-order chi connectivity index (χ1) is 9.83. The van der Waals surface area contributed by atoms with Gasteiger partial charge in [0, 0.05) is 26.2 Å². The molecular formula is C18H38N2. The number of hydrogen-bond acceptors (Lipinski definition) is 2. The van der Waals surface area contributed by atoms with Crippen molar-refractivity contribution in [3.8, 4) is 0 Å². The highest BCUT2D eigenvalue weighted by Gasteiger charge is 2.12. The van der Waals surface area contributed by atoms with Crippen LogP contribution in [-0.4, -0.2) is 49.6 Å². The molecule has 0 atom stereocenters. The normalized spacial score (nSPS) is 17.7. The fraction of sp³-hybridized carbons (Fsp3) is 1.00. The van der Waals surface area contributed by atoms with Crippen LogP contribution in [0, 0.1) is 0 Å². The Labute approximate surface area is 127 Å². The summed E-state index contributed by atoms with van der Waals surface area (Å²) in [5, 5.41) is 0. The Morgan fingerprint density at radius 1 is 0.600 bits per heavy atom. The molecule has 0 radical (unpaired) electrons. The van der Waals surface area contributed by atoms with Crippen molar-refractivity contribution in [3.63, 3.8) is 0 Å². The molecule has 0 aromatic heterocycles. The molecule has 0 amide bonds. The highest BCUT2D eigenvalue weighted by Crippen LogP contribution is 2.11. The second-order valence-corrected chi connectivity index (χ2v) is 6.68. The SMILES string of the molecule is CCCCCCCCCCCCCN1CCN(C)CC1. The first kappa shape index (κ1) is 18.0. The number of hydrogen-bond donors (Lipinski definition) is 0. The molecule has 120 valence electrons. The van der Waals surface area contributed by atoms with Gasteiger partial charge in [-0.25, -0.2) is 0 Å². The summed E-state index contributed by atoms with van der Waals surface area (Å²) in [5.41, 5.74) is 0. The van der Waals surface area contributed by atoms with Gasteiger partial charge in [-0.2, -0.15) is 0 Å². The highest BCUT2D eigenvalue weighted by molar-refractivity contribution is 4.68. The Balaban J connectivity index is 1.74. The fourth-order valence-corrected chi connectivity index (χ4v) is 3.07. The van der Waals surface area contributed by atoms with E-state index in [9.17, 15) is 0 Å². The average molecular weight is 283 g/mol. The number of nitrogens with zero attached hydrogens (tertiary/aromatic N) is 2. The lowest BCUT2D eigenvalue weighted by molar-refractivity contribution is 0.152. The maximum absolute atomic E-state index is 2.65. The molecule has 1 saturated heterocycles.